The fourth-order valence-electron chi connectivity index (χ4n) is 2.98. The molecule has 2 rings (SSSR count). The molecule has 3 unspecified atom stereocenters. The number of rotatable bonds is 3. The molecule has 0 amide bonds. The Balaban J connectivity index is 2.52. The lowest BCUT2D eigenvalue weighted by atomic mass is 9.88. The lowest BCUT2D eigenvalue weighted by Crippen LogP contribution is -2.49. The summed E-state index contributed by atoms with van der Waals surface area (Å²) in [6.07, 6.45) is 0.962. The number of hydrogen-bond acceptors (Lipinski definition) is 4. The summed E-state index contributed by atoms with van der Waals surface area (Å²) in [5, 5.41) is 15.2. The predicted octanol–water partition coefficient (Wildman–Crippen LogP) is 1.47. The number of aromatic carboxylic acids is 1. The van der Waals surface area contributed by atoms with Gasteiger partial charge in [-0.15, -0.1) is 0 Å². The van der Waals surface area contributed by atoms with Crippen LogP contribution in [0.1, 0.15) is 43.4 Å². The summed E-state index contributed by atoms with van der Waals surface area (Å²) in [6, 6.07) is -0.165. The highest BCUT2D eigenvalue weighted by Gasteiger charge is 2.40. The molecular weight excluding hydrogens is 294 g/mol. The second-order valence-corrected chi connectivity index (χ2v) is 7.79. The number of carboxylic acids is 1. The Morgan fingerprint density at radius 2 is 2.00 bits per heavy atom. The summed E-state index contributed by atoms with van der Waals surface area (Å²) < 4.78 is 27.2. The summed E-state index contributed by atoms with van der Waals surface area (Å²) in [7, 11) is -3.88. The second-order valence-electron chi connectivity index (χ2n) is 5.96. The van der Waals surface area contributed by atoms with Gasteiger partial charge in [0.1, 0.15) is 4.90 Å². The van der Waals surface area contributed by atoms with Crippen LogP contribution < -0.4 is 0 Å². The lowest BCUT2D eigenvalue weighted by Gasteiger charge is -2.39. The Morgan fingerprint density at radius 1 is 1.38 bits per heavy atom. The number of aryl methyl sites for hydroxylation is 1. The van der Waals surface area contributed by atoms with Crippen molar-refractivity contribution < 1.29 is 18.3 Å². The average Bonchev–Trinajstić information content (AvgIpc) is 2.76. The van der Waals surface area contributed by atoms with Crippen LogP contribution in [0.25, 0.3) is 0 Å². The van der Waals surface area contributed by atoms with Crippen LogP contribution in [0.5, 0.6) is 0 Å². The molecule has 118 valence electrons. The van der Waals surface area contributed by atoms with Crippen LogP contribution in [-0.4, -0.2) is 46.6 Å². The summed E-state index contributed by atoms with van der Waals surface area (Å²) in [6.45, 7) is 7.81. The molecule has 7 nitrogen and oxygen atoms in total. The molecule has 0 aromatic carbocycles. The van der Waals surface area contributed by atoms with Crippen molar-refractivity contribution in [3.8, 4) is 0 Å². The molecule has 1 aromatic heterocycles. The van der Waals surface area contributed by atoms with Crippen molar-refractivity contribution in [2.75, 3.05) is 6.54 Å². The monoisotopic (exact) mass is 315 g/mol. The quantitative estimate of drug-likeness (QED) is 0.879. The van der Waals surface area contributed by atoms with Crippen LogP contribution >= 0.6 is 0 Å². The van der Waals surface area contributed by atoms with Gasteiger partial charge in [0.15, 0.2) is 5.69 Å². The van der Waals surface area contributed by atoms with Crippen LogP contribution in [0, 0.1) is 18.8 Å². The highest BCUT2D eigenvalue weighted by Crippen LogP contribution is 2.33. The molecule has 2 N–H and O–H groups in total. The van der Waals surface area contributed by atoms with Gasteiger partial charge in [-0.05, 0) is 32.1 Å². The highest BCUT2D eigenvalue weighted by atomic mass is 32.2. The van der Waals surface area contributed by atoms with E-state index in [2.05, 4.69) is 10.2 Å². The van der Waals surface area contributed by atoms with Gasteiger partial charge >= 0.3 is 5.97 Å². The number of hydrogen-bond donors (Lipinski definition) is 2. The van der Waals surface area contributed by atoms with E-state index in [-0.39, 0.29) is 28.5 Å². The first-order valence-electron chi connectivity index (χ1n) is 6.96. The Bertz CT molecular complexity index is 652. The lowest BCUT2D eigenvalue weighted by molar-refractivity contribution is 0.0685. The first kappa shape index (κ1) is 16.0. The predicted molar refractivity (Wildman–Crippen MR) is 76.6 cm³/mol. The van der Waals surface area contributed by atoms with Crippen molar-refractivity contribution in [3.63, 3.8) is 0 Å². The minimum absolute atomic E-state index is 0.165. The third-order valence-electron chi connectivity index (χ3n) is 4.20. The van der Waals surface area contributed by atoms with Crippen molar-refractivity contribution in [1.29, 1.82) is 0 Å². The van der Waals surface area contributed by atoms with E-state index < -0.39 is 21.7 Å². The van der Waals surface area contributed by atoms with Crippen molar-refractivity contribution in [2.24, 2.45) is 11.8 Å². The van der Waals surface area contributed by atoms with Gasteiger partial charge in [-0.1, -0.05) is 13.8 Å². The number of sulfonamides is 1. The number of nitrogens with zero attached hydrogens (tertiary/aromatic N) is 2. The first-order valence-corrected chi connectivity index (χ1v) is 8.40. The van der Waals surface area contributed by atoms with E-state index >= 15 is 0 Å². The van der Waals surface area contributed by atoms with Gasteiger partial charge in [-0.3, -0.25) is 5.10 Å². The maximum atomic E-state index is 12.9. The molecule has 1 saturated heterocycles. The van der Waals surface area contributed by atoms with E-state index in [4.69, 9.17) is 5.11 Å². The topological polar surface area (TPSA) is 103 Å². The fraction of sp³-hybridized carbons (Fsp3) is 0.692. The minimum Gasteiger partial charge on any atom is -0.476 e. The van der Waals surface area contributed by atoms with Gasteiger partial charge in [0.25, 0.3) is 0 Å². The largest absolute Gasteiger partial charge is 0.476 e. The molecule has 0 saturated carbocycles. The smallest absolute Gasteiger partial charge is 0.357 e. The van der Waals surface area contributed by atoms with Crippen molar-refractivity contribution in [1.82, 2.24) is 14.5 Å². The van der Waals surface area contributed by atoms with E-state index in [1.807, 2.05) is 20.8 Å². The maximum Gasteiger partial charge on any atom is 0.357 e. The molecule has 1 aromatic rings. The Morgan fingerprint density at radius 3 is 2.57 bits per heavy atom. The third kappa shape index (κ3) is 2.69. The van der Waals surface area contributed by atoms with Crippen molar-refractivity contribution >= 4 is 16.0 Å². The summed E-state index contributed by atoms with van der Waals surface area (Å²) in [4.78, 5) is 11.0. The summed E-state index contributed by atoms with van der Waals surface area (Å²) in [5.74, 6) is -0.876. The van der Waals surface area contributed by atoms with E-state index in [9.17, 15) is 13.2 Å². The van der Waals surface area contributed by atoms with Crippen molar-refractivity contribution in [3.05, 3.63) is 11.4 Å². The standard InChI is InChI=1S/C13H21N3O4S/c1-7-5-8(2)10(4)16(6-7)21(19,20)12-9(3)14-15-11(12)13(17)18/h7-8,10H,5-6H2,1-4H3,(H,14,15)(H,17,18). The molecular formula is C13H21N3O4S. The zero-order valence-corrected chi connectivity index (χ0v) is 13.4. The first-order chi connectivity index (χ1) is 9.66. The van der Waals surface area contributed by atoms with Crippen molar-refractivity contribution in [2.45, 2.75) is 45.1 Å². The van der Waals surface area contributed by atoms with Gasteiger partial charge in [0.05, 0.1) is 5.69 Å². The van der Waals surface area contributed by atoms with Gasteiger partial charge in [-0.2, -0.15) is 9.40 Å². The molecule has 0 spiro atoms. The van der Waals surface area contributed by atoms with E-state index in [0.29, 0.717) is 6.54 Å². The number of carboxylic acid groups (broad SMARTS) is 1. The van der Waals surface area contributed by atoms with Gasteiger partial charge in [0, 0.05) is 12.6 Å². The molecule has 0 radical (unpaired) electrons. The van der Waals surface area contributed by atoms with Crippen LogP contribution in [0.2, 0.25) is 0 Å². The van der Waals surface area contributed by atoms with Gasteiger partial charge in [0.2, 0.25) is 10.0 Å². The fourth-order valence-corrected chi connectivity index (χ4v) is 5.12. The second kappa shape index (κ2) is 5.42. The number of H-pyrrole nitrogens is 1. The maximum absolute atomic E-state index is 12.9. The Labute approximate surface area is 124 Å². The minimum atomic E-state index is -3.88. The molecule has 0 aliphatic carbocycles. The van der Waals surface area contributed by atoms with E-state index in [0.717, 1.165) is 6.42 Å². The number of aromatic amines is 1. The van der Waals surface area contributed by atoms with Crippen LogP contribution in [-0.2, 0) is 10.0 Å². The zero-order valence-electron chi connectivity index (χ0n) is 12.6. The molecule has 1 aliphatic rings. The molecule has 0 bridgehead atoms. The van der Waals surface area contributed by atoms with E-state index in [1.54, 1.807) is 0 Å². The number of carbonyl (C=O) groups is 1. The van der Waals surface area contributed by atoms with Gasteiger partial charge < -0.3 is 5.11 Å². The third-order valence-corrected chi connectivity index (χ3v) is 6.32. The molecule has 1 fully saturated rings. The molecule has 21 heavy (non-hydrogen) atoms. The molecule has 1 aliphatic heterocycles. The Kier molecular flexibility index (Phi) is 4.12. The highest BCUT2D eigenvalue weighted by molar-refractivity contribution is 7.89. The average molecular weight is 315 g/mol. The number of aromatic nitrogens is 2. The normalized spacial score (nSPS) is 27.7. The molecule has 2 heterocycles. The van der Waals surface area contributed by atoms with Gasteiger partial charge in [-0.25, -0.2) is 13.2 Å². The van der Waals surface area contributed by atoms with Crippen LogP contribution in [0.3, 0.4) is 0 Å². The molecule has 3 atom stereocenters. The summed E-state index contributed by atoms with van der Waals surface area (Å²) >= 11 is 0. The summed E-state index contributed by atoms with van der Waals surface area (Å²) in [5.41, 5.74) is -0.184. The molecule has 8 heteroatoms. The number of nitrogens with one attached hydrogen (secondary N) is 1. The van der Waals surface area contributed by atoms with Crippen LogP contribution in [0.4, 0.5) is 0 Å². The zero-order chi connectivity index (χ0) is 15.9. The Hall–Kier alpha value is -1.41. The number of piperidine rings is 1. The van der Waals surface area contributed by atoms with E-state index in [1.165, 1.54) is 11.2 Å². The SMILES string of the molecule is Cc1[nH]nc(C(=O)O)c1S(=O)(=O)N1CC(C)CC(C)C1C. The van der Waals surface area contributed by atoms with Crippen LogP contribution in [0.15, 0.2) is 4.90 Å².